The van der Waals surface area contributed by atoms with Crippen LogP contribution >= 0.6 is 15.9 Å². The standard InChI is InChI=1S/C10H9BrO2/c11-9-2-1-7(13)5-8(9)10(6-12)3-4-10/h1-2,5-6,13H,3-4H2. The molecule has 0 unspecified atom stereocenters. The van der Waals surface area contributed by atoms with E-state index in [2.05, 4.69) is 15.9 Å². The Hall–Kier alpha value is -0.830. The summed E-state index contributed by atoms with van der Waals surface area (Å²) in [6.07, 6.45) is 2.75. The van der Waals surface area contributed by atoms with E-state index in [4.69, 9.17) is 0 Å². The maximum Gasteiger partial charge on any atom is 0.130 e. The van der Waals surface area contributed by atoms with Crippen molar-refractivity contribution in [3.8, 4) is 5.75 Å². The molecule has 3 heteroatoms. The van der Waals surface area contributed by atoms with Crippen LogP contribution in [0.15, 0.2) is 22.7 Å². The summed E-state index contributed by atoms with van der Waals surface area (Å²) < 4.78 is 0.898. The van der Waals surface area contributed by atoms with Gasteiger partial charge < -0.3 is 9.90 Å². The summed E-state index contributed by atoms with van der Waals surface area (Å²) in [7, 11) is 0. The second kappa shape index (κ2) is 2.84. The van der Waals surface area contributed by atoms with Crippen LogP contribution in [0.25, 0.3) is 0 Å². The van der Waals surface area contributed by atoms with E-state index in [1.54, 1.807) is 18.2 Å². The molecule has 68 valence electrons. The molecule has 0 bridgehead atoms. The molecule has 1 aromatic carbocycles. The molecule has 2 rings (SSSR count). The van der Waals surface area contributed by atoms with Crippen molar-refractivity contribution in [2.75, 3.05) is 0 Å². The lowest BCUT2D eigenvalue weighted by Crippen LogP contribution is -2.08. The molecular formula is C10H9BrO2. The number of hydrogen-bond donors (Lipinski definition) is 1. The normalized spacial score (nSPS) is 18.2. The summed E-state index contributed by atoms with van der Waals surface area (Å²) in [6, 6.07) is 5.04. The highest BCUT2D eigenvalue weighted by atomic mass is 79.9. The highest BCUT2D eigenvalue weighted by molar-refractivity contribution is 9.10. The van der Waals surface area contributed by atoms with Crippen molar-refractivity contribution >= 4 is 22.2 Å². The van der Waals surface area contributed by atoms with Gasteiger partial charge in [0.05, 0.1) is 5.41 Å². The zero-order valence-electron chi connectivity index (χ0n) is 6.96. The number of benzene rings is 1. The molecular weight excluding hydrogens is 232 g/mol. The Morgan fingerprint density at radius 1 is 1.46 bits per heavy atom. The van der Waals surface area contributed by atoms with Crippen LogP contribution in [0.1, 0.15) is 18.4 Å². The predicted molar refractivity (Wildman–Crippen MR) is 52.8 cm³/mol. The van der Waals surface area contributed by atoms with Gasteiger partial charge in [-0.25, -0.2) is 0 Å². The lowest BCUT2D eigenvalue weighted by atomic mass is 9.98. The molecule has 1 fully saturated rings. The molecule has 0 radical (unpaired) electrons. The molecule has 1 aromatic rings. The van der Waals surface area contributed by atoms with Crippen LogP contribution in [0.4, 0.5) is 0 Å². The average Bonchev–Trinajstić information content (AvgIpc) is 2.90. The smallest absolute Gasteiger partial charge is 0.130 e. The minimum absolute atomic E-state index is 0.214. The second-order valence-electron chi connectivity index (χ2n) is 3.44. The van der Waals surface area contributed by atoms with Crippen LogP contribution in [0.2, 0.25) is 0 Å². The molecule has 0 atom stereocenters. The fourth-order valence-electron chi connectivity index (χ4n) is 1.48. The van der Waals surface area contributed by atoms with Crippen LogP contribution in [0.3, 0.4) is 0 Å². The summed E-state index contributed by atoms with van der Waals surface area (Å²) in [4.78, 5) is 10.9. The number of phenolic OH excluding ortho intramolecular Hbond substituents is 1. The van der Waals surface area contributed by atoms with Crippen molar-refractivity contribution < 1.29 is 9.90 Å². The van der Waals surface area contributed by atoms with Crippen LogP contribution in [-0.4, -0.2) is 11.4 Å². The fourth-order valence-corrected chi connectivity index (χ4v) is 2.12. The third-order valence-electron chi connectivity index (χ3n) is 2.50. The quantitative estimate of drug-likeness (QED) is 0.807. The Kier molecular flexibility index (Phi) is 1.91. The number of hydrogen-bond acceptors (Lipinski definition) is 2. The van der Waals surface area contributed by atoms with E-state index in [0.717, 1.165) is 29.2 Å². The van der Waals surface area contributed by atoms with Gasteiger partial charge in [0.15, 0.2) is 0 Å². The number of halogens is 1. The third kappa shape index (κ3) is 1.37. The van der Waals surface area contributed by atoms with Crippen molar-refractivity contribution in [3.05, 3.63) is 28.2 Å². The van der Waals surface area contributed by atoms with Crippen molar-refractivity contribution in [2.24, 2.45) is 0 Å². The van der Waals surface area contributed by atoms with Gasteiger partial charge >= 0.3 is 0 Å². The van der Waals surface area contributed by atoms with E-state index < -0.39 is 0 Å². The number of carbonyl (C=O) groups is 1. The van der Waals surface area contributed by atoms with E-state index in [1.807, 2.05) is 0 Å². The van der Waals surface area contributed by atoms with Crippen LogP contribution in [-0.2, 0) is 10.2 Å². The van der Waals surface area contributed by atoms with Gasteiger partial charge in [0.1, 0.15) is 12.0 Å². The number of carbonyl (C=O) groups excluding carboxylic acids is 1. The zero-order chi connectivity index (χ0) is 9.47. The summed E-state index contributed by atoms with van der Waals surface area (Å²) in [5, 5.41) is 9.29. The van der Waals surface area contributed by atoms with Gasteiger partial charge in [0, 0.05) is 4.47 Å². The van der Waals surface area contributed by atoms with E-state index in [9.17, 15) is 9.90 Å². The minimum atomic E-state index is -0.322. The van der Waals surface area contributed by atoms with Gasteiger partial charge in [-0.3, -0.25) is 0 Å². The topological polar surface area (TPSA) is 37.3 Å². The summed E-state index contributed by atoms with van der Waals surface area (Å²) in [5.41, 5.74) is 0.583. The number of aromatic hydroxyl groups is 1. The van der Waals surface area contributed by atoms with Gasteiger partial charge in [0.2, 0.25) is 0 Å². The first kappa shape index (κ1) is 8.75. The molecule has 0 spiro atoms. The third-order valence-corrected chi connectivity index (χ3v) is 3.19. The number of phenols is 1. The first-order valence-electron chi connectivity index (χ1n) is 4.13. The van der Waals surface area contributed by atoms with E-state index in [0.29, 0.717) is 0 Å². The van der Waals surface area contributed by atoms with E-state index in [1.165, 1.54) is 0 Å². The first-order valence-corrected chi connectivity index (χ1v) is 4.93. The SMILES string of the molecule is O=CC1(c2cc(O)ccc2Br)CC1. The van der Waals surface area contributed by atoms with Gasteiger partial charge in [0.25, 0.3) is 0 Å². The highest BCUT2D eigenvalue weighted by Gasteiger charge is 2.45. The average molecular weight is 241 g/mol. The summed E-state index contributed by atoms with van der Waals surface area (Å²) in [5.74, 6) is 0.214. The molecule has 13 heavy (non-hydrogen) atoms. The molecule has 2 nitrogen and oxygen atoms in total. The molecule has 1 aliphatic carbocycles. The largest absolute Gasteiger partial charge is 0.508 e. The lowest BCUT2D eigenvalue weighted by Gasteiger charge is -2.09. The van der Waals surface area contributed by atoms with Gasteiger partial charge in [-0.05, 0) is 36.6 Å². The van der Waals surface area contributed by atoms with Gasteiger partial charge in [-0.15, -0.1) is 0 Å². The molecule has 0 aliphatic heterocycles. The van der Waals surface area contributed by atoms with E-state index in [-0.39, 0.29) is 11.2 Å². The maximum atomic E-state index is 10.9. The molecule has 0 amide bonds. The Morgan fingerprint density at radius 2 is 2.15 bits per heavy atom. The van der Waals surface area contributed by atoms with Gasteiger partial charge in [-0.1, -0.05) is 15.9 Å². The Balaban J connectivity index is 2.50. The van der Waals surface area contributed by atoms with Crippen LogP contribution in [0.5, 0.6) is 5.75 Å². The Labute approximate surface area is 84.7 Å². The molecule has 1 aliphatic rings. The molecule has 0 heterocycles. The Morgan fingerprint density at radius 3 is 2.69 bits per heavy atom. The zero-order valence-corrected chi connectivity index (χ0v) is 8.54. The minimum Gasteiger partial charge on any atom is -0.508 e. The second-order valence-corrected chi connectivity index (χ2v) is 4.29. The van der Waals surface area contributed by atoms with Crippen LogP contribution < -0.4 is 0 Å². The van der Waals surface area contributed by atoms with Crippen molar-refractivity contribution in [3.63, 3.8) is 0 Å². The fraction of sp³-hybridized carbons (Fsp3) is 0.300. The van der Waals surface area contributed by atoms with Crippen LogP contribution in [0, 0.1) is 0 Å². The number of aldehydes is 1. The predicted octanol–water partition coefficient (Wildman–Crippen LogP) is 2.39. The summed E-state index contributed by atoms with van der Waals surface area (Å²) in [6.45, 7) is 0. The van der Waals surface area contributed by atoms with E-state index >= 15 is 0 Å². The molecule has 1 saturated carbocycles. The van der Waals surface area contributed by atoms with Gasteiger partial charge in [-0.2, -0.15) is 0 Å². The first-order chi connectivity index (χ1) is 6.18. The lowest BCUT2D eigenvalue weighted by molar-refractivity contribution is -0.109. The molecule has 0 saturated heterocycles. The number of rotatable bonds is 2. The highest BCUT2D eigenvalue weighted by Crippen LogP contribution is 2.49. The van der Waals surface area contributed by atoms with Crippen molar-refractivity contribution in [2.45, 2.75) is 18.3 Å². The molecule has 1 N–H and O–H groups in total. The summed E-state index contributed by atoms with van der Waals surface area (Å²) >= 11 is 3.38. The molecule has 0 aromatic heterocycles. The Bertz CT molecular complexity index is 356. The maximum absolute atomic E-state index is 10.9. The van der Waals surface area contributed by atoms with Crippen molar-refractivity contribution in [1.29, 1.82) is 0 Å². The monoisotopic (exact) mass is 240 g/mol. The van der Waals surface area contributed by atoms with Crippen molar-refractivity contribution in [1.82, 2.24) is 0 Å².